The van der Waals surface area contributed by atoms with Gasteiger partial charge in [0, 0.05) is 35.5 Å². The van der Waals surface area contributed by atoms with Crippen molar-refractivity contribution in [2.45, 2.75) is 25.1 Å². The standard InChI is InChI=1S/C22H27ClN2OS/c23-21-9-5-4-8-20(21)17-27-15-12-24-22(26)19-10-13-25(14-11-19)16-18-6-2-1-3-7-18/h1-9,19H,10-17H2,(H,24,26). The van der Waals surface area contributed by atoms with Crippen molar-refractivity contribution >= 4 is 29.3 Å². The molecular formula is C22H27ClN2OS. The molecular weight excluding hydrogens is 376 g/mol. The number of carbonyl (C=O) groups is 1. The lowest BCUT2D eigenvalue weighted by Gasteiger charge is -2.31. The first-order valence-corrected chi connectivity index (χ1v) is 11.1. The third kappa shape index (κ3) is 6.56. The molecule has 1 saturated heterocycles. The lowest BCUT2D eigenvalue weighted by atomic mass is 9.95. The number of carbonyl (C=O) groups excluding carboxylic acids is 1. The Kier molecular flexibility index (Phi) is 8.06. The fourth-order valence-corrected chi connectivity index (χ4v) is 4.53. The van der Waals surface area contributed by atoms with Crippen LogP contribution in [0.3, 0.4) is 0 Å². The van der Waals surface area contributed by atoms with Crippen LogP contribution in [-0.2, 0) is 17.1 Å². The van der Waals surface area contributed by atoms with Gasteiger partial charge in [-0.05, 0) is 43.1 Å². The quantitative estimate of drug-likeness (QED) is 0.655. The Morgan fingerprint density at radius 2 is 1.78 bits per heavy atom. The zero-order chi connectivity index (χ0) is 18.9. The summed E-state index contributed by atoms with van der Waals surface area (Å²) in [5, 5.41) is 3.92. The molecule has 3 rings (SSSR count). The minimum atomic E-state index is 0.158. The normalized spacial score (nSPS) is 15.6. The smallest absolute Gasteiger partial charge is 0.223 e. The van der Waals surface area contributed by atoms with Gasteiger partial charge in [-0.25, -0.2) is 0 Å². The van der Waals surface area contributed by atoms with Crippen molar-refractivity contribution < 1.29 is 4.79 Å². The third-order valence-corrected chi connectivity index (χ3v) is 6.35. The van der Waals surface area contributed by atoms with Crippen LogP contribution >= 0.6 is 23.4 Å². The van der Waals surface area contributed by atoms with Crippen LogP contribution in [0.25, 0.3) is 0 Å². The van der Waals surface area contributed by atoms with E-state index in [0.29, 0.717) is 0 Å². The number of thioether (sulfide) groups is 1. The Morgan fingerprint density at radius 1 is 1.07 bits per heavy atom. The molecule has 144 valence electrons. The fraction of sp³-hybridized carbons (Fsp3) is 0.409. The number of piperidine rings is 1. The molecule has 0 saturated carbocycles. The van der Waals surface area contributed by atoms with Crippen molar-refractivity contribution in [3.05, 3.63) is 70.7 Å². The number of hydrogen-bond donors (Lipinski definition) is 1. The van der Waals surface area contributed by atoms with Crippen LogP contribution in [0.15, 0.2) is 54.6 Å². The van der Waals surface area contributed by atoms with E-state index in [4.69, 9.17) is 11.6 Å². The summed E-state index contributed by atoms with van der Waals surface area (Å²) in [7, 11) is 0. The highest BCUT2D eigenvalue weighted by Gasteiger charge is 2.24. The van der Waals surface area contributed by atoms with Gasteiger partial charge < -0.3 is 5.32 Å². The second-order valence-electron chi connectivity index (χ2n) is 6.97. The lowest BCUT2D eigenvalue weighted by Crippen LogP contribution is -2.40. The van der Waals surface area contributed by atoms with Crippen molar-refractivity contribution in [1.29, 1.82) is 0 Å². The molecule has 1 amide bonds. The van der Waals surface area contributed by atoms with E-state index < -0.39 is 0 Å². The van der Waals surface area contributed by atoms with Crippen molar-refractivity contribution in [1.82, 2.24) is 10.2 Å². The number of rotatable bonds is 8. The molecule has 2 aromatic rings. The highest BCUT2D eigenvalue weighted by Crippen LogP contribution is 2.21. The summed E-state index contributed by atoms with van der Waals surface area (Å²) >= 11 is 7.97. The van der Waals surface area contributed by atoms with Crippen LogP contribution in [0.5, 0.6) is 0 Å². The Morgan fingerprint density at radius 3 is 2.52 bits per heavy atom. The maximum Gasteiger partial charge on any atom is 0.223 e. The van der Waals surface area contributed by atoms with Gasteiger partial charge in [-0.2, -0.15) is 11.8 Å². The van der Waals surface area contributed by atoms with Gasteiger partial charge in [0.25, 0.3) is 0 Å². The second kappa shape index (κ2) is 10.7. The van der Waals surface area contributed by atoms with Gasteiger partial charge in [0.2, 0.25) is 5.91 Å². The van der Waals surface area contributed by atoms with E-state index in [9.17, 15) is 4.79 Å². The number of nitrogens with one attached hydrogen (secondary N) is 1. The van der Waals surface area contributed by atoms with Crippen molar-refractivity contribution in [3.63, 3.8) is 0 Å². The number of benzene rings is 2. The molecule has 0 spiro atoms. The SMILES string of the molecule is O=C(NCCSCc1ccccc1Cl)C1CCN(Cc2ccccc2)CC1. The Hall–Kier alpha value is -1.49. The second-order valence-corrected chi connectivity index (χ2v) is 8.48. The van der Waals surface area contributed by atoms with Crippen molar-refractivity contribution in [3.8, 4) is 0 Å². The van der Waals surface area contributed by atoms with E-state index in [1.165, 1.54) is 5.56 Å². The third-order valence-electron chi connectivity index (χ3n) is 4.97. The molecule has 0 radical (unpaired) electrons. The van der Waals surface area contributed by atoms with Crippen LogP contribution in [-0.4, -0.2) is 36.2 Å². The molecule has 0 atom stereocenters. The number of hydrogen-bond acceptors (Lipinski definition) is 3. The number of halogens is 1. The van der Waals surface area contributed by atoms with E-state index in [1.807, 2.05) is 24.3 Å². The average molecular weight is 403 g/mol. The highest BCUT2D eigenvalue weighted by atomic mass is 35.5. The van der Waals surface area contributed by atoms with Crippen molar-refractivity contribution in [2.24, 2.45) is 5.92 Å². The lowest BCUT2D eigenvalue weighted by molar-refractivity contribution is -0.126. The van der Waals surface area contributed by atoms with Gasteiger partial charge in [-0.15, -0.1) is 0 Å². The maximum absolute atomic E-state index is 12.4. The van der Waals surface area contributed by atoms with Gasteiger partial charge in [-0.1, -0.05) is 60.1 Å². The van der Waals surface area contributed by atoms with Gasteiger partial charge in [0.1, 0.15) is 0 Å². The molecule has 0 aliphatic carbocycles. The molecule has 2 aromatic carbocycles. The van der Waals surface area contributed by atoms with Crippen LogP contribution in [0.1, 0.15) is 24.0 Å². The molecule has 1 heterocycles. The molecule has 1 N–H and O–H groups in total. The van der Waals surface area contributed by atoms with E-state index in [-0.39, 0.29) is 11.8 Å². The predicted molar refractivity (Wildman–Crippen MR) is 115 cm³/mol. The molecule has 1 fully saturated rings. The first kappa shape index (κ1) is 20.2. The van der Waals surface area contributed by atoms with Crippen LogP contribution < -0.4 is 5.32 Å². The van der Waals surface area contributed by atoms with E-state index in [2.05, 4.69) is 40.5 Å². The minimum Gasteiger partial charge on any atom is -0.355 e. The first-order valence-electron chi connectivity index (χ1n) is 9.57. The number of nitrogens with zero attached hydrogens (tertiary/aromatic N) is 1. The summed E-state index contributed by atoms with van der Waals surface area (Å²) in [5.74, 6) is 2.16. The Balaban J connectivity index is 1.30. The van der Waals surface area contributed by atoms with Crippen LogP contribution in [0.2, 0.25) is 5.02 Å². The predicted octanol–water partition coefficient (Wildman–Crippen LogP) is 4.60. The van der Waals surface area contributed by atoms with Gasteiger partial charge >= 0.3 is 0 Å². The Labute approximate surface area is 171 Å². The first-order chi connectivity index (χ1) is 13.2. The number of amides is 1. The fourth-order valence-electron chi connectivity index (χ4n) is 3.38. The molecule has 3 nitrogen and oxygen atoms in total. The largest absolute Gasteiger partial charge is 0.355 e. The van der Waals surface area contributed by atoms with Gasteiger partial charge in [-0.3, -0.25) is 9.69 Å². The summed E-state index contributed by atoms with van der Waals surface area (Å²) in [4.78, 5) is 14.8. The van der Waals surface area contributed by atoms with E-state index in [1.54, 1.807) is 11.8 Å². The summed E-state index contributed by atoms with van der Waals surface area (Å²) in [5.41, 5.74) is 2.50. The average Bonchev–Trinajstić information content (AvgIpc) is 2.70. The molecule has 0 aromatic heterocycles. The molecule has 1 aliphatic heterocycles. The van der Waals surface area contributed by atoms with Gasteiger partial charge in [0.05, 0.1) is 0 Å². The molecule has 1 aliphatic rings. The molecule has 27 heavy (non-hydrogen) atoms. The Bertz CT molecular complexity index is 717. The summed E-state index contributed by atoms with van der Waals surface area (Å²) in [6, 6.07) is 18.5. The van der Waals surface area contributed by atoms with Gasteiger partial charge in [0.15, 0.2) is 0 Å². The maximum atomic E-state index is 12.4. The molecule has 5 heteroatoms. The monoisotopic (exact) mass is 402 g/mol. The number of likely N-dealkylation sites (tertiary alicyclic amines) is 1. The van der Waals surface area contributed by atoms with Crippen LogP contribution in [0, 0.1) is 5.92 Å². The van der Waals surface area contributed by atoms with Crippen LogP contribution in [0.4, 0.5) is 0 Å². The summed E-state index contributed by atoms with van der Waals surface area (Å²) in [6.45, 7) is 3.69. The zero-order valence-electron chi connectivity index (χ0n) is 15.6. The highest BCUT2D eigenvalue weighted by molar-refractivity contribution is 7.98. The van der Waals surface area contributed by atoms with Crippen molar-refractivity contribution in [2.75, 3.05) is 25.4 Å². The minimum absolute atomic E-state index is 0.158. The van der Waals surface area contributed by atoms with E-state index >= 15 is 0 Å². The summed E-state index contributed by atoms with van der Waals surface area (Å²) in [6.07, 6.45) is 1.90. The molecule has 0 unspecified atom stereocenters. The van der Waals surface area contributed by atoms with E-state index in [0.717, 1.165) is 61.1 Å². The molecule has 0 bridgehead atoms. The topological polar surface area (TPSA) is 32.3 Å². The zero-order valence-corrected chi connectivity index (χ0v) is 17.1. The summed E-state index contributed by atoms with van der Waals surface area (Å²) < 4.78 is 0.